The molecule has 3 saturated heterocycles. The van der Waals surface area contributed by atoms with Gasteiger partial charge in [0.15, 0.2) is 24.8 Å². The molecule has 6 unspecified atom stereocenters. The molecular formula is C38H62N8O19S. The van der Waals surface area contributed by atoms with E-state index in [-0.39, 0.29) is 29.5 Å². The number of aliphatic hydroxyl groups is 6. The number of hydrogen-bond donors (Lipinski definition) is 13. The number of methoxy groups -OCH3 is 2. The Morgan fingerprint density at radius 1 is 0.788 bits per heavy atom. The molecule has 3 aliphatic rings. The molecule has 3 heterocycles. The van der Waals surface area contributed by atoms with E-state index in [0.29, 0.717) is 12.7 Å². The van der Waals surface area contributed by atoms with Crippen LogP contribution < -0.4 is 37.9 Å². The van der Waals surface area contributed by atoms with Gasteiger partial charge in [0.2, 0.25) is 27.7 Å². The Hall–Kier alpha value is -4.08. The van der Waals surface area contributed by atoms with E-state index in [1.807, 2.05) is 0 Å². The van der Waals surface area contributed by atoms with Crippen molar-refractivity contribution in [2.75, 3.05) is 45.9 Å². The number of nitrogens with one attached hydrogen (secondary N) is 4. The maximum absolute atomic E-state index is 13.5. The minimum atomic E-state index is -4.16. The number of rotatable bonds is 23. The normalized spacial score (nSPS) is 33.0. The fraction of sp³-hybridized carbons (Fsp3) is 0.711. The van der Waals surface area contributed by atoms with Gasteiger partial charge in [-0.15, -0.1) is 0 Å². The molecule has 0 bridgehead atoms. The summed E-state index contributed by atoms with van der Waals surface area (Å²) in [6.07, 6.45) is -18.0. The molecule has 0 aliphatic carbocycles. The zero-order valence-electron chi connectivity index (χ0n) is 36.4. The number of hydrogen-bond acceptors (Lipinski definition) is 21. The second-order valence-corrected chi connectivity index (χ2v) is 17.3. The second-order valence-electron chi connectivity index (χ2n) is 15.6. The molecule has 3 amide bonds. The highest BCUT2D eigenvalue weighted by atomic mass is 32.2. The standard InChI is InChI=1S/C38H62N8O19S/c1-17(51)43-27-30(55)32(59-2)21(14-48)62-36(27)65-34-23(16-50)63-37(64-33-22(15-49)61-35(60-3)26(39)29(33)54)28(31(34)56)45-25(53)11-10-24(52)44-18-6-8-20(9-7-18)66(57,58)46-19(13-47)5-4-12-42-38(40)41/h6-9,13,19,21-23,26-37,46,48-50,54-56H,4-5,10-12,14-16,39H2,1-3H3,(H,43,51)(H,44,52)(H,45,53)(H4,40,41,42)/t19-,21?,22?,23?,26?,27?,28?,29-,30-,31-,32-,33-,34-,35-,36+,37+/m1/s1. The van der Waals surface area contributed by atoms with Gasteiger partial charge < -0.3 is 102 Å². The van der Waals surface area contributed by atoms with Crippen LogP contribution in [0, 0.1) is 0 Å². The number of ether oxygens (including phenoxy) is 7. The Labute approximate surface area is 379 Å². The van der Waals surface area contributed by atoms with Crippen molar-refractivity contribution < 1.29 is 91.4 Å². The molecule has 0 radical (unpaired) electrons. The zero-order chi connectivity index (χ0) is 48.9. The van der Waals surface area contributed by atoms with Crippen molar-refractivity contribution in [2.24, 2.45) is 22.2 Å². The van der Waals surface area contributed by atoms with E-state index in [2.05, 4.69) is 25.7 Å². The average molecular weight is 967 g/mol. The highest BCUT2D eigenvalue weighted by molar-refractivity contribution is 7.89. The predicted molar refractivity (Wildman–Crippen MR) is 225 cm³/mol. The molecule has 66 heavy (non-hydrogen) atoms. The Balaban J connectivity index is 1.50. The number of anilines is 1. The van der Waals surface area contributed by atoms with Gasteiger partial charge >= 0.3 is 0 Å². The number of nitrogens with zero attached hydrogens (tertiary/aromatic N) is 1. The SMILES string of the molecule is CO[C@@H]1OC(CO)[C@@H](O[C@@H]2OC(CO)[C@@H](O[C@@H]3OC(CO)[C@@H](OC)[C@H](O)C3NC(C)=O)[C@H](O)C2NC(=O)CCC(=O)Nc2ccc(S(=O)(=O)N[C@@H](C=O)CCCN=C(N)N)cc2)[C@H](O)C1N. The van der Waals surface area contributed by atoms with E-state index in [4.69, 9.17) is 50.4 Å². The van der Waals surface area contributed by atoms with Gasteiger partial charge in [0, 0.05) is 46.2 Å². The van der Waals surface area contributed by atoms with Gasteiger partial charge in [0.05, 0.1) is 36.8 Å². The van der Waals surface area contributed by atoms with Gasteiger partial charge in [0.1, 0.15) is 73.3 Å². The summed E-state index contributed by atoms with van der Waals surface area (Å²) in [5.41, 5.74) is 16.8. The van der Waals surface area contributed by atoms with E-state index >= 15 is 0 Å². The van der Waals surface area contributed by atoms with Gasteiger partial charge in [0.25, 0.3) is 0 Å². The summed E-state index contributed by atoms with van der Waals surface area (Å²) in [5, 5.41) is 72.3. The molecule has 1 aromatic carbocycles. The minimum absolute atomic E-state index is 0.119. The third-order valence-electron chi connectivity index (χ3n) is 10.9. The van der Waals surface area contributed by atoms with Crippen molar-refractivity contribution in [1.82, 2.24) is 15.4 Å². The predicted octanol–water partition coefficient (Wildman–Crippen LogP) is -6.71. The molecular weight excluding hydrogens is 905 g/mol. The monoisotopic (exact) mass is 966 g/mol. The number of aliphatic imine (C=N–C) groups is 1. The molecule has 27 nitrogen and oxygen atoms in total. The third-order valence-corrected chi connectivity index (χ3v) is 12.4. The molecule has 1 aromatic rings. The Bertz CT molecular complexity index is 1880. The Morgan fingerprint density at radius 2 is 1.30 bits per heavy atom. The number of aliphatic hydroxyl groups excluding tert-OH is 6. The molecule has 28 heteroatoms. The van der Waals surface area contributed by atoms with Crippen molar-refractivity contribution in [3.8, 4) is 0 Å². The summed E-state index contributed by atoms with van der Waals surface area (Å²) in [7, 11) is -1.67. The van der Waals surface area contributed by atoms with Crippen LogP contribution in [-0.2, 0) is 62.4 Å². The van der Waals surface area contributed by atoms with E-state index in [1.165, 1.54) is 38.5 Å². The van der Waals surface area contributed by atoms with E-state index in [9.17, 15) is 58.2 Å². The largest absolute Gasteiger partial charge is 0.394 e. The van der Waals surface area contributed by atoms with Crippen LogP contribution in [0.3, 0.4) is 0 Å². The summed E-state index contributed by atoms with van der Waals surface area (Å²) < 4.78 is 68.2. The summed E-state index contributed by atoms with van der Waals surface area (Å²) in [6.45, 7) is -0.962. The van der Waals surface area contributed by atoms with Crippen LogP contribution in [-0.4, -0.2) is 208 Å². The maximum Gasteiger partial charge on any atom is 0.241 e. The topological polar surface area (TPSA) is 427 Å². The molecule has 16 atom stereocenters. The number of nitrogens with two attached hydrogens (primary N) is 3. The molecule has 3 fully saturated rings. The molecule has 374 valence electrons. The van der Waals surface area contributed by atoms with Crippen LogP contribution in [0.1, 0.15) is 32.6 Å². The van der Waals surface area contributed by atoms with Crippen LogP contribution in [0.2, 0.25) is 0 Å². The van der Waals surface area contributed by atoms with E-state index in [1.54, 1.807) is 0 Å². The van der Waals surface area contributed by atoms with Gasteiger partial charge in [-0.2, -0.15) is 0 Å². The summed E-state index contributed by atoms with van der Waals surface area (Å²) in [4.78, 5) is 53.8. The van der Waals surface area contributed by atoms with Crippen molar-refractivity contribution in [1.29, 1.82) is 0 Å². The van der Waals surface area contributed by atoms with Crippen molar-refractivity contribution in [2.45, 2.75) is 135 Å². The average Bonchev–Trinajstić information content (AvgIpc) is 3.28. The first-order chi connectivity index (χ1) is 31.3. The number of guanidine groups is 1. The molecule has 0 aromatic heterocycles. The Morgan fingerprint density at radius 3 is 1.82 bits per heavy atom. The van der Waals surface area contributed by atoms with Gasteiger partial charge in [-0.3, -0.25) is 19.4 Å². The number of aldehydes is 1. The fourth-order valence-electron chi connectivity index (χ4n) is 7.51. The quantitative estimate of drug-likeness (QED) is 0.0210. The van der Waals surface area contributed by atoms with Gasteiger partial charge in [-0.05, 0) is 37.1 Å². The number of sulfonamides is 1. The number of carbonyl (C=O) groups is 4. The lowest BCUT2D eigenvalue weighted by Crippen LogP contribution is -2.70. The molecule has 3 aliphatic heterocycles. The van der Waals surface area contributed by atoms with Crippen molar-refractivity contribution >= 4 is 45.7 Å². The first-order valence-electron chi connectivity index (χ1n) is 20.8. The smallest absolute Gasteiger partial charge is 0.241 e. The lowest BCUT2D eigenvalue weighted by Gasteiger charge is -2.50. The van der Waals surface area contributed by atoms with Crippen LogP contribution in [0.4, 0.5) is 5.69 Å². The van der Waals surface area contributed by atoms with Crippen LogP contribution in [0.25, 0.3) is 0 Å². The summed E-state index contributed by atoms with van der Waals surface area (Å²) in [6, 6.07) is -0.394. The van der Waals surface area contributed by atoms with Crippen LogP contribution >= 0.6 is 0 Å². The first kappa shape index (κ1) is 54.5. The fourth-order valence-corrected chi connectivity index (χ4v) is 8.72. The lowest BCUT2D eigenvalue weighted by atomic mass is 9.93. The highest BCUT2D eigenvalue weighted by Gasteiger charge is 2.54. The summed E-state index contributed by atoms with van der Waals surface area (Å²) in [5.74, 6) is -2.35. The third kappa shape index (κ3) is 14.2. The number of amides is 3. The van der Waals surface area contributed by atoms with Crippen molar-refractivity contribution in [3.05, 3.63) is 24.3 Å². The van der Waals surface area contributed by atoms with E-state index in [0.717, 1.165) is 6.92 Å². The van der Waals surface area contributed by atoms with Gasteiger partial charge in [-0.1, -0.05) is 0 Å². The lowest BCUT2D eigenvalue weighted by molar-refractivity contribution is -0.352. The summed E-state index contributed by atoms with van der Waals surface area (Å²) >= 11 is 0. The molecule has 0 saturated carbocycles. The van der Waals surface area contributed by atoms with E-state index < -0.39 is 158 Å². The Kier molecular flexibility index (Phi) is 20.9. The van der Waals surface area contributed by atoms with Crippen LogP contribution in [0.15, 0.2) is 34.2 Å². The van der Waals surface area contributed by atoms with Gasteiger partial charge in [-0.25, -0.2) is 13.1 Å². The molecule has 0 spiro atoms. The second kappa shape index (κ2) is 25.3. The zero-order valence-corrected chi connectivity index (χ0v) is 37.2. The van der Waals surface area contributed by atoms with Crippen molar-refractivity contribution in [3.63, 3.8) is 0 Å². The first-order valence-corrected chi connectivity index (χ1v) is 22.3. The minimum Gasteiger partial charge on any atom is -0.394 e. The van der Waals surface area contributed by atoms with Crippen LogP contribution in [0.5, 0.6) is 0 Å². The molecule has 16 N–H and O–H groups in total. The number of benzene rings is 1. The number of carbonyl (C=O) groups excluding carboxylic acids is 4. The maximum atomic E-state index is 13.5. The highest BCUT2D eigenvalue weighted by Crippen LogP contribution is 2.33. The molecule has 4 rings (SSSR count).